The Bertz CT molecular complexity index is 201. The number of hydrogen-bond donors (Lipinski definition) is 1. The number of nitrogens with one attached hydrogen (secondary N) is 1. The molecule has 1 fully saturated rings. The molecule has 0 saturated heterocycles. The van der Waals surface area contributed by atoms with Gasteiger partial charge in [0.1, 0.15) is 0 Å². The Labute approximate surface area is 101 Å². The Morgan fingerprint density at radius 3 is 2.56 bits per heavy atom. The van der Waals surface area contributed by atoms with E-state index in [2.05, 4.69) is 39.9 Å². The molecule has 2 heteroatoms. The fourth-order valence-corrected chi connectivity index (χ4v) is 2.28. The van der Waals surface area contributed by atoms with E-state index in [-0.39, 0.29) is 0 Å². The molecular weight excluding hydrogens is 198 g/mol. The molecule has 0 spiro atoms. The van der Waals surface area contributed by atoms with Gasteiger partial charge in [-0.05, 0) is 25.3 Å². The second-order valence-corrected chi connectivity index (χ2v) is 6.13. The largest absolute Gasteiger partial charge is 0.377 e. The van der Waals surface area contributed by atoms with Crippen LogP contribution in [0.25, 0.3) is 0 Å². The number of unbranched alkanes of at least 4 members (excludes halogenated alkanes) is 1. The third kappa shape index (κ3) is 3.46. The molecule has 1 N–H and O–H groups in total. The van der Waals surface area contributed by atoms with Crippen molar-refractivity contribution >= 4 is 0 Å². The summed E-state index contributed by atoms with van der Waals surface area (Å²) in [7, 11) is 0. The van der Waals surface area contributed by atoms with Gasteiger partial charge in [-0.1, -0.05) is 41.0 Å². The number of ether oxygens (including phenoxy) is 1. The maximum atomic E-state index is 5.95. The van der Waals surface area contributed by atoms with Crippen LogP contribution in [0.15, 0.2) is 0 Å². The van der Waals surface area contributed by atoms with Crippen molar-refractivity contribution in [1.29, 1.82) is 0 Å². The summed E-state index contributed by atoms with van der Waals surface area (Å²) in [5.41, 5.74) is 0.308. The molecule has 1 aliphatic carbocycles. The summed E-state index contributed by atoms with van der Waals surface area (Å²) in [6.45, 7) is 13.4. The van der Waals surface area contributed by atoms with E-state index >= 15 is 0 Å². The van der Waals surface area contributed by atoms with Gasteiger partial charge in [-0.25, -0.2) is 0 Å². The SMILES string of the molecule is CCCCNC1CC(OCC(C)C)C1(C)C. The van der Waals surface area contributed by atoms with E-state index in [1.165, 1.54) is 19.3 Å². The average molecular weight is 227 g/mol. The topological polar surface area (TPSA) is 21.3 Å². The first-order valence-corrected chi connectivity index (χ1v) is 6.83. The Morgan fingerprint density at radius 2 is 2.06 bits per heavy atom. The van der Waals surface area contributed by atoms with Crippen molar-refractivity contribution in [1.82, 2.24) is 5.32 Å². The summed E-state index contributed by atoms with van der Waals surface area (Å²) < 4.78 is 5.95. The van der Waals surface area contributed by atoms with Crippen molar-refractivity contribution in [2.45, 2.75) is 66.0 Å². The highest BCUT2D eigenvalue weighted by molar-refractivity contribution is 5.02. The Kier molecular flexibility index (Phi) is 5.26. The molecule has 16 heavy (non-hydrogen) atoms. The van der Waals surface area contributed by atoms with Crippen LogP contribution >= 0.6 is 0 Å². The smallest absolute Gasteiger partial charge is 0.0656 e. The van der Waals surface area contributed by atoms with Crippen LogP contribution in [0, 0.1) is 11.3 Å². The fourth-order valence-electron chi connectivity index (χ4n) is 2.28. The lowest BCUT2D eigenvalue weighted by atomic mass is 9.64. The van der Waals surface area contributed by atoms with Gasteiger partial charge in [0.25, 0.3) is 0 Å². The van der Waals surface area contributed by atoms with Crippen molar-refractivity contribution in [3.05, 3.63) is 0 Å². The Hall–Kier alpha value is -0.0800. The summed E-state index contributed by atoms with van der Waals surface area (Å²) in [5.74, 6) is 0.642. The minimum Gasteiger partial charge on any atom is -0.377 e. The van der Waals surface area contributed by atoms with Crippen molar-refractivity contribution in [3.8, 4) is 0 Å². The highest BCUT2D eigenvalue weighted by Gasteiger charge is 2.48. The van der Waals surface area contributed by atoms with Crippen LogP contribution in [0.1, 0.15) is 53.9 Å². The molecule has 1 rings (SSSR count). The van der Waals surface area contributed by atoms with Gasteiger partial charge < -0.3 is 10.1 Å². The molecule has 96 valence electrons. The van der Waals surface area contributed by atoms with Gasteiger partial charge in [-0.3, -0.25) is 0 Å². The van der Waals surface area contributed by atoms with Gasteiger partial charge in [-0.15, -0.1) is 0 Å². The first kappa shape index (κ1) is 14.0. The second-order valence-electron chi connectivity index (χ2n) is 6.13. The van der Waals surface area contributed by atoms with Gasteiger partial charge in [0, 0.05) is 18.1 Å². The zero-order valence-corrected chi connectivity index (χ0v) is 11.7. The van der Waals surface area contributed by atoms with Gasteiger partial charge in [0.05, 0.1) is 6.10 Å². The second kappa shape index (κ2) is 6.02. The molecule has 2 unspecified atom stereocenters. The fraction of sp³-hybridized carbons (Fsp3) is 1.00. The van der Waals surface area contributed by atoms with Crippen molar-refractivity contribution in [2.24, 2.45) is 11.3 Å². The predicted molar refractivity (Wildman–Crippen MR) is 69.7 cm³/mol. The van der Waals surface area contributed by atoms with E-state index in [4.69, 9.17) is 4.74 Å². The van der Waals surface area contributed by atoms with Crippen LogP contribution in [-0.2, 0) is 4.74 Å². The summed E-state index contributed by atoms with van der Waals surface area (Å²) in [5, 5.41) is 3.65. The molecule has 0 radical (unpaired) electrons. The zero-order chi connectivity index (χ0) is 12.2. The minimum absolute atomic E-state index is 0.308. The highest BCUT2D eigenvalue weighted by Crippen LogP contribution is 2.42. The van der Waals surface area contributed by atoms with E-state index in [1.807, 2.05) is 0 Å². The first-order valence-electron chi connectivity index (χ1n) is 6.83. The molecule has 0 aliphatic heterocycles. The van der Waals surface area contributed by atoms with Crippen LogP contribution in [-0.4, -0.2) is 25.3 Å². The Morgan fingerprint density at radius 1 is 1.38 bits per heavy atom. The maximum Gasteiger partial charge on any atom is 0.0656 e. The van der Waals surface area contributed by atoms with E-state index in [0.29, 0.717) is 23.5 Å². The minimum atomic E-state index is 0.308. The van der Waals surface area contributed by atoms with E-state index in [1.54, 1.807) is 0 Å². The van der Waals surface area contributed by atoms with E-state index in [9.17, 15) is 0 Å². The monoisotopic (exact) mass is 227 g/mol. The molecule has 1 aliphatic rings. The molecular formula is C14H29NO. The van der Waals surface area contributed by atoms with Crippen LogP contribution in [0.4, 0.5) is 0 Å². The number of rotatable bonds is 7. The molecule has 2 atom stereocenters. The van der Waals surface area contributed by atoms with Crippen LogP contribution < -0.4 is 5.32 Å². The van der Waals surface area contributed by atoms with Crippen molar-refractivity contribution in [2.75, 3.05) is 13.2 Å². The summed E-state index contributed by atoms with van der Waals surface area (Å²) in [6.07, 6.45) is 4.19. The summed E-state index contributed by atoms with van der Waals surface area (Å²) in [4.78, 5) is 0. The highest BCUT2D eigenvalue weighted by atomic mass is 16.5. The standard InChI is InChI=1S/C14H29NO/c1-6-7-8-15-12-9-13(14(12,4)5)16-10-11(2)3/h11-13,15H,6-10H2,1-5H3. The van der Waals surface area contributed by atoms with Crippen LogP contribution in [0.3, 0.4) is 0 Å². The summed E-state index contributed by atoms with van der Waals surface area (Å²) >= 11 is 0. The van der Waals surface area contributed by atoms with Crippen molar-refractivity contribution < 1.29 is 4.74 Å². The normalized spacial score (nSPS) is 28.1. The molecule has 0 heterocycles. The molecule has 2 nitrogen and oxygen atoms in total. The van der Waals surface area contributed by atoms with Gasteiger partial charge >= 0.3 is 0 Å². The molecule has 0 aromatic rings. The average Bonchev–Trinajstić information content (AvgIpc) is 2.20. The molecule has 0 aromatic heterocycles. The Balaban J connectivity index is 2.24. The van der Waals surface area contributed by atoms with Crippen LogP contribution in [0.2, 0.25) is 0 Å². The lowest BCUT2D eigenvalue weighted by Gasteiger charge is -2.52. The third-order valence-electron chi connectivity index (χ3n) is 3.73. The lowest BCUT2D eigenvalue weighted by molar-refractivity contribution is -0.123. The maximum absolute atomic E-state index is 5.95. The van der Waals surface area contributed by atoms with E-state index in [0.717, 1.165) is 13.2 Å². The summed E-state index contributed by atoms with van der Waals surface area (Å²) in [6, 6.07) is 0.649. The first-order chi connectivity index (χ1) is 7.48. The predicted octanol–water partition coefficient (Wildman–Crippen LogP) is 3.22. The van der Waals surface area contributed by atoms with E-state index < -0.39 is 0 Å². The van der Waals surface area contributed by atoms with Gasteiger partial charge in [-0.2, -0.15) is 0 Å². The van der Waals surface area contributed by atoms with Gasteiger partial charge in [0.15, 0.2) is 0 Å². The zero-order valence-electron chi connectivity index (χ0n) is 11.7. The number of hydrogen-bond acceptors (Lipinski definition) is 2. The van der Waals surface area contributed by atoms with Crippen LogP contribution in [0.5, 0.6) is 0 Å². The lowest BCUT2D eigenvalue weighted by Crippen LogP contribution is -2.61. The molecule has 0 amide bonds. The van der Waals surface area contributed by atoms with Gasteiger partial charge in [0.2, 0.25) is 0 Å². The third-order valence-corrected chi connectivity index (χ3v) is 3.73. The molecule has 0 bridgehead atoms. The quantitative estimate of drug-likeness (QED) is 0.674. The molecule has 0 aromatic carbocycles. The molecule has 1 saturated carbocycles. The van der Waals surface area contributed by atoms with Crippen molar-refractivity contribution in [3.63, 3.8) is 0 Å².